The van der Waals surface area contributed by atoms with Crippen LogP contribution >= 0.6 is 0 Å². The Labute approximate surface area is 170 Å². The van der Waals surface area contributed by atoms with Crippen LogP contribution in [0.5, 0.6) is 0 Å². The van der Waals surface area contributed by atoms with Gasteiger partial charge in [0.15, 0.2) is 11.5 Å². The van der Waals surface area contributed by atoms with E-state index in [4.69, 9.17) is 4.52 Å². The van der Waals surface area contributed by atoms with Gasteiger partial charge in [0.1, 0.15) is 5.92 Å². The first-order valence-electron chi connectivity index (χ1n) is 9.33. The van der Waals surface area contributed by atoms with Crippen LogP contribution in [0.2, 0.25) is 0 Å². The molecule has 0 spiro atoms. The number of amides is 1. The third kappa shape index (κ3) is 3.14. The number of carbonyl (C=O) groups is 1. The van der Waals surface area contributed by atoms with E-state index in [1.807, 2.05) is 36.4 Å². The van der Waals surface area contributed by atoms with Crippen LogP contribution in [0.4, 0.5) is 0 Å². The molecule has 1 unspecified atom stereocenters. The number of nitrogens with zero attached hydrogens (tertiary/aromatic N) is 5. The summed E-state index contributed by atoms with van der Waals surface area (Å²) in [5.41, 5.74) is 1.11. The summed E-state index contributed by atoms with van der Waals surface area (Å²) in [6.45, 7) is 0.303. The van der Waals surface area contributed by atoms with E-state index >= 15 is 0 Å². The first-order chi connectivity index (χ1) is 14.7. The average molecular weight is 397 g/mol. The molecule has 0 saturated carbocycles. The fraction of sp³-hybridized carbons (Fsp3) is 0.0909. The number of hydrogen-bond donors (Lipinski definition) is 0. The lowest BCUT2D eigenvalue weighted by molar-refractivity contribution is -0.118. The number of aliphatic imine (C=N–C) groups is 1. The SMILES string of the molecule is O=C1N=CC=CC1c1noc(-c2nn(Cc3ccccc3)c(=O)c3ccccc23)n1. The molecule has 0 bridgehead atoms. The van der Waals surface area contributed by atoms with E-state index in [0.717, 1.165) is 5.56 Å². The predicted octanol–water partition coefficient (Wildman–Crippen LogP) is 2.75. The van der Waals surface area contributed by atoms with Crippen LogP contribution in [0.25, 0.3) is 22.4 Å². The Morgan fingerprint density at radius 2 is 1.73 bits per heavy atom. The second kappa shape index (κ2) is 7.32. The lowest BCUT2D eigenvalue weighted by Gasteiger charge is -2.09. The zero-order valence-corrected chi connectivity index (χ0v) is 15.7. The molecule has 0 aliphatic carbocycles. The highest BCUT2D eigenvalue weighted by atomic mass is 16.5. The van der Waals surface area contributed by atoms with Gasteiger partial charge in [-0.25, -0.2) is 9.67 Å². The van der Waals surface area contributed by atoms with Crippen LogP contribution in [0.15, 0.2) is 81.1 Å². The van der Waals surface area contributed by atoms with Crippen LogP contribution in [-0.2, 0) is 11.3 Å². The van der Waals surface area contributed by atoms with E-state index in [-0.39, 0.29) is 23.2 Å². The maximum Gasteiger partial charge on any atom is 0.279 e. The molecule has 3 heterocycles. The Morgan fingerprint density at radius 3 is 2.53 bits per heavy atom. The van der Waals surface area contributed by atoms with Crippen molar-refractivity contribution in [1.82, 2.24) is 19.9 Å². The molecule has 0 saturated heterocycles. The molecule has 8 heteroatoms. The zero-order valence-electron chi connectivity index (χ0n) is 15.7. The van der Waals surface area contributed by atoms with E-state index in [9.17, 15) is 9.59 Å². The molecule has 4 aromatic rings. The number of dihydropyridines is 1. The summed E-state index contributed by atoms with van der Waals surface area (Å²) in [7, 11) is 0. The molecule has 5 rings (SSSR count). The van der Waals surface area contributed by atoms with Crippen LogP contribution < -0.4 is 5.56 Å². The van der Waals surface area contributed by atoms with Crippen molar-refractivity contribution in [2.45, 2.75) is 12.5 Å². The van der Waals surface area contributed by atoms with Gasteiger partial charge < -0.3 is 4.52 Å². The minimum absolute atomic E-state index is 0.138. The number of carbonyl (C=O) groups excluding carboxylic acids is 1. The number of rotatable bonds is 4. The lowest BCUT2D eigenvalue weighted by atomic mass is 10.1. The van der Waals surface area contributed by atoms with Crippen molar-refractivity contribution in [1.29, 1.82) is 0 Å². The molecule has 1 amide bonds. The monoisotopic (exact) mass is 397 g/mol. The average Bonchev–Trinajstić information content (AvgIpc) is 3.26. The smallest absolute Gasteiger partial charge is 0.279 e. The number of aromatic nitrogens is 4. The van der Waals surface area contributed by atoms with Crippen molar-refractivity contribution in [2.75, 3.05) is 0 Å². The summed E-state index contributed by atoms with van der Waals surface area (Å²) >= 11 is 0. The van der Waals surface area contributed by atoms with Crippen molar-refractivity contribution in [3.8, 4) is 11.6 Å². The van der Waals surface area contributed by atoms with Gasteiger partial charge in [0.25, 0.3) is 17.4 Å². The van der Waals surface area contributed by atoms with Gasteiger partial charge in [-0.2, -0.15) is 10.1 Å². The van der Waals surface area contributed by atoms with Crippen LogP contribution in [0.1, 0.15) is 17.3 Å². The zero-order chi connectivity index (χ0) is 20.5. The molecule has 8 nitrogen and oxygen atoms in total. The largest absolute Gasteiger partial charge is 0.332 e. The Kier molecular flexibility index (Phi) is 4.36. The van der Waals surface area contributed by atoms with E-state index < -0.39 is 5.92 Å². The minimum Gasteiger partial charge on any atom is -0.332 e. The Balaban J connectivity index is 1.63. The number of allylic oxidation sites excluding steroid dienone is 1. The Hall–Kier alpha value is -4.20. The summed E-state index contributed by atoms with van der Waals surface area (Å²) in [4.78, 5) is 33.1. The summed E-state index contributed by atoms with van der Waals surface area (Å²) in [6.07, 6.45) is 4.75. The standard InChI is InChI=1S/C22H15N5O3/c28-20-17(11-6-12-23-20)19-24-21(30-26-19)18-15-9-4-5-10-16(15)22(29)27(25-18)13-14-7-2-1-3-8-14/h1-12,17H,13H2. The summed E-state index contributed by atoms with van der Waals surface area (Å²) < 4.78 is 6.81. The maximum absolute atomic E-state index is 13.0. The van der Waals surface area contributed by atoms with Gasteiger partial charge in [-0.05, 0) is 17.7 Å². The molecule has 30 heavy (non-hydrogen) atoms. The topological polar surface area (TPSA) is 103 Å². The lowest BCUT2D eigenvalue weighted by Crippen LogP contribution is -2.24. The van der Waals surface area contributed by atoms with Gasteiger partial charge >= 0.3 is 0 Å². The van der Waals surface area contributed by atoms with Crippen LogP contribution in [-0.4, -0.2) is 32.0 Å². The molecule has 146 valence electrons. The minimum atomic E-state index is -0.700. The van der Waals surface area contributed by atoms with E-state index in [2.05, 4.69) is 20.2 Å². The first kappa shape index (κ1) is 17.9. The normalized spacial score (nSPS) is 15.7. The Bertz CT molecular complexity index is 1370. The molecule has 1 aliphatic heterocycles. The molecular weight excluding hydrogens is 382 g/mol. The van der Waals surface area contributed by atoms with Crippen molar-refractivity contribution >= 4 is 22.9 Å². The van der Waals surface area contributed by atoms with Crippen molar-refractivity contribution in [2.24, 2.45) is 4.99 Å². The Morgan fingerprint density at radius 1 is 0.967 bits per heavy atom. The fourth-order valence-electron chi connectivity index (χ4n) is 3.35. The van der Waals surface area contributed by atoms with Gasteiger partial charge in [-0.15, -0.1) is 0 Å². The second-order valence-corrected chi connectivity index (χ2v) is 6.78. The van der Waals surface area contributed by atoms with E-state index in [0.29, 0.717) is 23.0 Å². The number of hydrogen-bond acceptors (Lipinski definition) is 6. The van der Waals surface area contributed by atoms with Gasteiger partial charge in [0.05, 0.1) is 11.9 Å². The fourth-order valence-corrected chi connectivity index (χ4v) is 3.35. The number of benzene rings is 2. The molecule has 2 aromatic heterocycles. The molecule has 0 fully saturated rings. The molecule has 1 aliphatic rings. The summed E-state index contributed by atoms with van der Waals surface area (Å²) in [6, 6.07) is 16.7. The van der Waals surface area contributed by atoms with Crippen molar-refractivity contribution in [3.05, 3.63) is 88.5 Å². The molecule has 2 aromatic carbocycles. The summed E-state index contributed by atoms with van der Waals surface area (Å²) in [5.74, 6) is -0.723. The second-order valence-electron chi connectivity index (χ2n) is 6.78. The van der Waals surface area contributed by atoms with Gasteiger partial charge in [0, 0.05) is 11.6 Å². The summed E-state index contributed by atoms with van der Waals surface area (Å²) in [5, 5.41) is 9.57. The van der Waals surface area contributed by atoms with Crippen LogP contribution in [0.3, 0.4) is 0 Å². The number of fused-ring (bicyclic) bond motifs is 1. The molecule has 0 N–H and O–H groups in total. The molecule has 0 radical (unpaired) electrons. The van der Waals surface area contributed by atoms with Crippen molar-refractivity contribution < 1.29 is 9.32 Å². The highest BCUT2D eigenvalue weighted by molar-refractivity contribution is 5.97. The third-order valence-electron chi connectivity index (χ3n) is 4.82. The quantitative estimate of drug-likeness (QED) is 0.525. The molecular formula is C22H15N5O3. The van der Waals surface area contributed by atoms with E-state index in [1.165, 1.54) is 10.9 Å². The van der Waals surface area contributed by atoms with Crippen molar-refractivity contribution in [3.63, 3.8) is 0 Å². The first-order valence-corrected chi connectivity index (χ1v) is 9.33. The highest BCUT2D eigenvalue weighted by Gasteiger charge is 2.26. The van der Waals surface area contributed by atoms with Crippen LogP contribution in [0, 0.1) is 0 Å². The van der Waals surface area contributed by atoms with Gasteiger partial charge in [-0.3, -0.25) is 9.59 Å². The predicted molar refractivity (Wildman–Crippen MR) is 110 cm³/mol. The maximum atomic E-state index is 13.0. The third-order valence-corrected chi connectivity index (χ3v) is 4.82. The van der Waals surface area contributed by atoms with Gasteiger partial charge in [-0.1, -0.05) is 59.8 Å². The molecule has 1 atom stereocenters. The highest BCUT2D eigenvalue weighted by Crippen LogP contribution is 2.26. The van der Waals surface area contributed by atoms with E-state index in [1.54, 1.807) is 30.4 Å². The van der Waals surface area contributed by atoms with Gasteiger partial charge in [0.2, 0.25) is 0 Å².